The maximum Gasteiger partial charge on any atom is 0.266 e. The van der Waals surface area contributed by atoms with Gasteiger partial charge < -0.3 is 14.4 Å². The van der Waals surface area contributed by atoms with Gasteiger partial charge in [-0.1, -0.05) is 170 Å². The molecule has 0 amide bonds. The SMILES string of the molecule is c1ccc(-c2cc3c4c(c2)Oc2c5c6c7c(cccc7c2-c2cccc7ccccc27)-c2cccc7c2N6c2c(c(c(-c6cccc8ccccc68)c6cccc-7c26)O3)B45)cc1. The molecule has 0 saturated carbocycles. The van der Waals surface area contributed by atoms with Crippen LogP contribution >= 0.6 is 0 Å². The van der Waals surface area contributed by atoms with Crippen molar-refractivity contribution in [3.05, 3.63) is 182 Å². The molecule has 5 heterocycles. The maximum absolute atomic E-state index is 7.62. The zero-order valence-electron chi connectivity index (χ0n) is 33.2. The molecule has 4 heteroatoms. The number of rotatable bonds is 3. The lowest BCUT2D eigenvalue weighted by molar-refractivity contribution is 0.467. The number of hydrogen-bond donors (Lipinski definition) is 0. The number of fused-ring (bicyclic) bond motifs is 4. The second kappa shape index (κ2) is 11.0. The van der Waals surface area contributed by atoms with Crippen molar-refractivity contribution < 1.29 is 9.47 Å². The van der Waals surface area contributed by atoms with Crippen LogP contribution in [0.2, 0.25) is 0 Å². The maximum atomic E-state index is 7.62. The van der Waals surface area contributed by atoms with Crippen LogP contribution < -0.4 is 30.8 Å². The van der Waals surface area contributed by atoms with E-state index in [1.807, 2.05) is 0 Å². The Balaban J connectivity index is 1.16. The van der Waals surface area contributed by atoms with E-state index >= 15 is 0 Å². The first-order valence-electron chi connectivity index (χ1n) is 21.5. The van der Waals surface area contributed by atoms with E-state index in [4.69, 9.17) is 9.47 Å². The Morgan fingerprint density at radius 2 is 0.774 bits per heavy atom. The van der Waals surface area contributed by atoms with Crippen molar-refractivity contribution in [2.75, 3.05) is 4.90 Å². The van der Waals surface area contributed by atoms with Crippen molar-refractivity contribution in [2.24, 2.45) is 0 Å². The molecular formula is C58H30BNO2. The second-order valence-corrected chi connectivity index (χ2v) is 17.4. The van der Waals surface area contributed by atoms with Gasteiger partial charge in [0.2, 0.25) is 0 Å². The van der Waals surface area contributed by atoms with Crippen molar-refractivity contribution >= 4 is 83.3 Å². The number of anilines is 3. The molecule has 62 heavy (non-hydrogen) atoms. The highest BCUT2D eigenvalue weighted by Gasteiger charge is 2.53. The molecule has 5 aliphatic rings. The molecule has 0 spiro atoms. The van der Waals surface area contributed by atoms with Crippen LogP contribution in [-0.2, 0) is 0 Å². The molecule has 0 radical (unpaired) electrons. The first kappa shape index (κ1) is 31.8. The summed E-state index contributed by atoms with van der Waals surface area (Å²) in [6.07, 6.45) is 0. The normalized spacial score (nSPS) is 13.7. The minimum Gasteiger partial charge on any atom is -0.458 e. The molecule has 0 aliphatic carbocycles. The summed E-state index contributed by atoms with van der Waals surface area (Å²) in [7, 11) is 0. The fraction of sp³-hybridized carbons (Fsp3) is 0. The van der Waals surface area contributed by atoms with E-state index in [2.05, 4.69) is 187 Å². The lowest BCUT2D eigenvalue weighted by Gasteiger charge is -2.49. The predicted molar refractivity (Wildman–Crippen MR) is 257 cm³/mol. The van der Waals surface area contributed by atoms with Crippen molar-refractivity contribution in [2.45, 2.75) is 0 Å². The van der Waals surface area contributed by atoms with Crippen molar-refractivity contribution in [1.82, 2.24) is 0 Å². The molecule has 0 atom stereocenters. The molecule has 3 nitrogen and oxygen atoms in total. The third kappa shape index (κ3) is 3.66. The first-order valence-corrected chi connectivity index (χ1v) is 21.5. The molecule has 0 bridgehead atoms. The summed E-state index contributed by atoms with van der Waals surface area (Å²) in [5, 5.41) is 9.78. The van der Waals surface area contributed by atoms with Gasteiger partial charge in [-0.15, -0.1) is 0 Å². The fourth-order valence-corrected chi connectivity index (χ4v) is 12.2. The van der Waals surface area contributed by atoms with E-state index in [-0.39, 0.29) is 6.71 Å². The molecule has 0 fully saturated rings. The van der Waals surface area contributed by atoms with Gasteiger partial charge >= 0.3 is 0 Å². The van der Waals surface area contributed by atoms with Gasteiger partial charge in [0.1, 0.15) is 23.0 Å². The Bertz CT molecular complexity index is 3710. The van der Waals surface area contributed by atoms with Gasteiger partial charge in [-0.3, -0.25) is 0 Å². The molecular weight excluding hydrogens is 753 g/mol. The van der Waals surface area contributed by atoms with Crippen molar-refractivity contribution in [3.63, 3.8) is 0 Å². The number of benzene rings is 11. The highest BCUT2D eigenvalue weighted by atomic mass is 16.5. The van der Waals surface area contributed by atoms with Crippen molar-refractivity contribution in [3.8, 4) is 78.6 Å². The molecule has 282 valence electrons. The molecule has 16 rings (SSSR count). The highest BCUT2D eigenvalue weighted by molar-refractivity contribution is 7.01. The standard InChI is InChI=1S/C58H30BNO2/c1-2-13-31(14-3-1)34-29-45-51-46(30-34)62-58-50(38-22-9-18-33-16-5-7-20-36(33)38)44-28-11-24-40-42-26-12-25-41-39-23-10-27-43-47(39)55-52(59(51)53(58)56(48(40)44)60(55)54(41)42)57(61-45)49(43)37-21-8-17-32-15-4-6-19-35(32)37/h1-30H. The van der Waals surface area contributed by atoms with Gasteiger partial charge in [0.05, 0.1) is 17.1 Å². The van der Waals surface area contributed by atoms with Crippen LogP contribution in [0.1, 0.15) is 0 Å². The summed E-state index contributed by atoms with van der Waals surface area (Å²) < 4.78 is 15.2. The largest absolute Gasteiger partial charge is 0.458 e. The quantitative estimate of drug-likeness (QED) is 0.167. The van der Waals surface area contributed by atoms with E-state index in [1.54, 1.807) is 0 Å². The third-order valence-electron chi connectivity index (χ3n) is 14.5. The number of para-hydroxylation sites is 1. The Kier molecular flexibility index (Phi) is 5.64. The molecule has 11 aromatic rings. The summed E-state index contributed by atoms with van der Waals surface area (Å²) in [6.45, 7) is -0.150. The van der Waals surface area contributed by atoms with Gasteiger partial charge in [-0.05, 0) is 88.8 Å². The number of nitrogens with zero attached hydrogens (tertiary/aromatic N) is 1. The smallest absolute Gasteiger partial charge is 0.266 e. The zero-order valence-corrected chi connectivity index (χ0v) is 33.2. The monoisotopic (exact) mass is 783 g/mol. The Morgan fingerprint density at radius 1 is 0.339 bits per heavy atom. The van der Waals surface area contributed by atoms with Crippen LogP contribution in [0.15, 0.2) is 182 Å². The lowest BCUT2D eigenvalue weighted by atomic mass is 9.32. The molecule has 5 aliphatic heterocycles. The van der Waals surface area contributed by atoms with Gasteiger partial charge in [0, 0.05) is 38.5 Å². The summed E-state index contributed by atoms with van der Waals surface area (Å²) in [4.78, 5) is 2.63. The van der Waals surface area contributed by atoms with Crippen LogP contribution in [0.3, 0.4) is 0 Å². The summed E-state index contributed by atoms with van der Waals surface area (Å²) in [6, 6.07) is 66.9. The minimum atomic E-state index is -0.150. The molecule has 11 aromatic carbocycles. The first-order chi connectivity index (χ1) is 30.8. The zero-order chi connectivity index (χ0) is 39.9. The van der Waals surface area contributed by atoms with E-state index < -0.39 is 0 Å². The lowest BCUT2D eigenvalue weighted by Crippen LogP contribution is -2.62. The topological polar surface area (TPSA) is 21.7 Å². The van der Waals surface area contributed by atoms with E-state index in [1.165, 1.54) is 104 Å². The van der Waals surface area contributed by atoms with Gasteiger partial charge in [-0.2, -0.15) is 0 Å². The third-order valence-corrected chi connectivity index (χ3v) is 14.5. The van der Waals surface area contributed by atoms with Crippen LogP contribution in [0.5, 0.6) is 23.0 Å². The van der Waals surface area contributed by atoms with Crippen LogP contribution in [-0.4, -0.2) is 6.71 Å². The fourth-order valence-electron chi connectivity index (χ4n) is 12.2. The number of hydrogen-bond acceptors (Lipinski definition) is 3. The second-order valence-electron chi connectivity index (χ2n) is 17.4. The summed E-state index contributed by atoms with van der Waals surface area (Å²) >= 11 is 0. The Labute approximate surface area is 356 Å². The van der Waals surface area contributed by atoms with Gasteiger partial charge in [0.25, 0.3) is 6.71 Å². The minimum absolute atomic E-state index is 0.150. The Hall–Kier alpha value is -8.08. The van der Waals surface area contributed by atoms with E-state index in [0.29, 0.717) is 0 Å². The van der Waals surface area contributed by atoms with Crippen molar-refractivity contribution in [1.29, 1.82) is 0 Å². The number of ether oxygens (including phenoxy) is 2. The van der Waals surface area contributed by atoms with Gasteiger partial charge in [0.15, 0.2) is 0 Å². The van der Waals surface area contributed by atoms with Crippen LogP contribution in [0.4, 0.5) is 17.1 Å². The Morgan fingerprint density at radius 3 is 1.34 bits per heavy atom. The molecule has 0 saturated heterocycles. The molecule has 0 aromatic heterocycles. The predicted octanol–water partition coefficient (Wildman–Crippen LogP) is 13.8. The van der Waals surface area contributed by atoms with Crippen LogP contribution in [0, 0.1) is 0 Å². The van der Waals surface area contributed by atoms with Crippen LogP contribution in [0.25, 0.3) is 98.7 Å². The van der Waals surface area contributed by atoms with E-state index in [9.17, 15) is 0 Å². The van der Waals surface area contributed by atoms with E-state index in [0.717, 1.165) is 50.7 Å². The summed E-state index contributed by atoms with van der Waals surface area (Å²) in [5.74, 6) is 3.56. The molecule has 0 unspecified atom stereocenters. The average molecular weight is 784 g/mol. The summed E-state index contributed by atoms with van der Waals surface area (Å²) in [5.41, 5.74) is 19.1. The highest BCUT2D eigenvalue weighted by Crippen LogP contribution is 2.64. The van der Waals surface area contributed by atoms with Gasteiger partial charge in [-0.25, -0.2) is 0 Å². The molecule has 0 N–H and O–H groups in total. The average Bonchev–Trinajstić information content (AvgIpc) is 3.33.